The molecule has 1 aliphatic rings. The molecular formula is C12H16ClNO3. The Balaban J connectivity index is 3.04. The van der Waals surface area contributed by atoms with Crippen molar-refractivity contribution in [3.8, 4) is 0 Å². The SMILES string of the molecule is C=CCC1C(Cl)C(=O)N1C(C(=O)OC)=C(C)C. The maximum atomic E-state index is 11.7. The van der Waals surface area contributed by atoms with Crippen LogP contribution in [0.5, 0.6) is 0 Å². The number of hydrogen-bond donors (Lipinski definition) is 0. The van der Waals surface area contributed by atoms with E-state index in [1.54, 1.807) is 19.9 Å². The summed E-state index contributed by atoms with van der Waals surface area (Å²) in [7, 11) is 1.29. The quantitative estimate of drug-likeness (QED) is 0.254. The molecule has 0 aromatic rings. The zero-order valence-electron chi connectivity index (χ0n) is 10.2. The third kappa shape index (κ3) is 2.36. The first-order valence-electron chi connectivity index (χ1n) is 5.29. The van der Waals surface area contributed by atoms with Gasteiger partial charge in [0.05, 0.1) is 13.2 Å². The Morgan fingerprint density at radius 2 is 2.18 bits per heavy atom. The minimum absolute atomic E-state index is 0.217. The van der Waals surface area contributed by atoms with Gasteiger partial charge in [-0.15, -0.1) is 18.2 Å². The monoisotopic (exact) mass is 257 g/mol. The molecule has 2 atom stereocenters. The molecule has 5 heteroatoms. The number of carbonyl (C=O) groups excluding carboxylic acids is 2. The van der Waals surface area contributed by atoms with Crippen LogP contribution >= 0.6 is 11.6 Å². The van der Waals surface area contributed by atoms with Crippen molar-refractivity contribution in [1.82, 2.24) is 4.90 Å². The third-order valence-electron chi connectivity index (χ3n) is 2.64. The predicted molar refractivity (Wildman–Crippen MR) is 65.5 cm³/mol. The minimum atomic E-state index is -0.591. The molecule has 94 valence electrons. The van der Waals surface area contributed by atoms with Crippen molar-refractivity contribution in [2.75, 3.05) is 7.11 Å². The van der Waals surface area contributed by atoms with E-state index in [2.05, 4.69) is 11.3 Å². The molecule has 4 nitrogen and oxygen atoms in total. The van der Waals surface area contributed by atoms with Crippen molar-refractivity contribution in [2.45, 2.75) is 31.7 Å². The van der Waals surface area contributed by atoms with Crippen molar-refractivity contribution in [1.29, 1.82) is 0 Å². The van der Waals surface area contributed by atoms with E-state index in [0.717, 1.165) is 5.57 Å². The van der Waals surface area contributed by atoms with E-state index in [9.17, 15) is 9.59 Å². The van der Waals surface area contributed by atoms with E-state index in [1.165, 1.54) is 12.0 Å². The first-order chi connectivity index (χ1) is 7.95. The Kier molecular flexibility index (Phi) is 4.34. The highest BCUT2D eigenvalue weighted by Crippen LogP contribution is 2.33. The Hall–Kier alpha value is -1.29. The molecule has 1 amide bonds. The Morgan fingerprint density at radius 3 is 2.59 bits per heavy atom. The summed E-state index contributed by atoms with van der Waals surface area (Å²) in [6.45, 7) is 7.13. The Morgan fingerprint density at radius 1 is 1.59 bits per heavy atom. The van der Waals surface area contributed by atoms with Crippen molar-refractivity contribution in [2.24, 2.45) is 0 Å². The lowest BCUT2D eigenvalue weighted by Crippen LogP contribution is -2.62. The summed E-state index contributed by atoms with van der Waals surface area (Å²) in [4.78, 5) is 24.8. The van der Waals surface area contributed by atoms with Crippen LogP contribution in [0, 0.1) is 0 Å². The molecule has 1 rings (SSSR count). The van der Waals surface area contributed by atoms with Crippen LogP contribution in [0.1, 0.15) is 20.3 Å². The molecular weight excluding hydrogens is 242 g/mol. The number of rotatable bonds is 4. The molecule has 1 heterocycles. The van der Waals surface area contributed by atoms with Gasteiger partial charge < -0.3 is 4.74 Å². The number of methoxy groups -OCH3 is 1. The van der Waals surface area contributed by atoms with E-state index in [-0.39, 0.29) is 17.6 Å². The molecule has 17 heavy (non-hydrogen) atoms. The number of esters is 1. The van der Waals surface area contributed by atoms with Gasteiger partial charge in [-0.2, -0.15) is 0 Å². The molecule has 0 saturated carbocycles. The number of likely N-dealkylation sites (tertiary alicyclic amines) is 1. The van der Waals surface area contributed by atoms with Gasteiger partial charge in [0.1, 0.15) is 11.1 Å². The molecule has 1 saturated heterocycles. The van der Waals surface area contributed by atoms with Gasteiger partial charge in [0.15, 0.2) is 0 Å². The molecule has 0 aromatic carbocycles. The highest BCUT2D eigenvalue weighted by Gasteiger charge is 2.49. The van der Waals surface area contributed by atoms with Crippen LogP contribution in [-0.2, 0) is 14.3 Å². The highest BCUT2D eigenvalue weighted by atomic mass is 35.5. The van der Waals surface area contributed by atoms with E-state index >= 15 is 0 Å². The number of allylic oxidation sites excluding steroid dienone is 1. The van der Waals surface area contributed by atoms with Gasteiger partial charge >= 0.3 is 5.97 Å². The fourth-order valence-electron chi connectivity index (χ4n) is 1.82. The predicted octanol–water partition coefficient (Wildman–Crippen LogP) is 1.85. The molecule has 0 aliphatic carbocycles. The van der Waals surface area contributed by atoms with Crippen LogP contribution < -0.4 is 0 Å². The second kappa shape index (κ2) is 5.36. The standard InChI is InChI=1S/C12H16ClNO3/c1-5-6-8-9(13)11(15)14(8)10(7(2)3)12(16)17-4/h5,8-9H,1,6H2,2-4H3. The maximum absolute atomic E-state index is 11.7. The lowest BCUT2D eigenvalue weighted by Gasteiger charge is -2.44. The van der Waals surface area contributed by atoms with Gasteiger partial charge in [-0.05, 0) is 25.8 Å². The number of nitrogens with zero attached hydrogens (tertiary/aromatic N) is 1. The highest BCUT2D eigenvalue weighted by molar-refractivity contribution is 6.34. The third-order valence-corrected chi connectivity index (χ3v) is 3.12. The summed E-state index contributed by atoms with van der Waals surface area (Å²) in [5, 5.41) is -0.591. The van der Waals surface area contributed by atoms with E-state index in [1.807, 2.05) is 0 Å². The van der Waals surface area contributed by atoms with Gasteiger partial charge in [0.25, 0.3) is 0 Å². The van der Waals surface area contributed by atoms with Crippen molar-refractivity contribution < 1.29 is 14.3 Å². The lowest BCUT2D eigenvalue weighted by molar-refractivity contribution is -0.149. The second-order valence-electron chi connectivity index (χ2n) is 4.04. The van der Waals surface area contributed by atoms with Crippen LogP contribution in [0.25, 0.3) is 0 Å². The number of β-lactam (4-membered cyclic amide) rings is 1. The average molecular weight is 258 g/mol. The molecule has 2 unspecified atom stereocenters. The van der Waals surface area contributed by atoms with Crippen LogP contribution in [-0.4, -0.2) is 35.3 Å². The zero-order chi connectivity index (χ0) is 13.2. The Labute approximate surface area is 106 Å². The molecule has 0 radical (unpaired) electrons. The first kappa shape index (κ1) is 13.8. The molecule has 0 aromatic heterocycles. The minimum Gasteiger partial charge on any atom is -0.464 e. The molecule has 0 spiro atoms. The smallest absolute Gasteiger partial charge is 0.354 e. The summed E-state index contributed by atoms with van der Waals surface area (Å²) < 4.78 is 4.68. The number of halogens is 1. The molecule has 1 aliphatic heterocycles. The second-order valence-corrected chi connectivity index (χ2v) is 4.51. The van der Waals surface area contributed by atoms with Crippen molar-refractivity contribution >= 4 is 23.5 Å². The van der Waals surface area contributed by atoms with Crippen LogP contribution in [0.3, 0.4) is 0 Å². The lowest BCUT2D eigenvalue weighted by atomic mass is 9.95. The van der Waals surface area contributed by atoms with Gasteiger partial charge in [0, 0.05) is 0 Å². The van der Waals surface area contributed by atoms with Crippen LogP contribution in [0.2, 0.25) is 0 Å². The van der Waals surface area contributed by atoms with Crippen LogP contribution in [0.4, 0.5) is 0 Å². The number of hydrogen-bond acceptors (Lipinski definition) is 3. The molecule has 0 N–H and O–H groups in total. The number of carbonyl (C=O) groups is 2. The van der Waals surface area contributed by atoms with Gasteiger partial charge in [-0.1, -0.05) is 6.08 Å². The Bertz CT molecular complexity index is 385. The molecule has 0 bridgehead atoms. The summed E-state index contributed by atoms with van der Waals surface area (Å²) in [5.41, 5.74) is 1.00. The summed E-state index contributed by atoms with van der Waals surface area (Å²) >= 11 is 5.92. The average Bonchev–Trinajstić information content (AvgIpc) is 2.31. The van der Waals surface area contributed by atoms with Gasteiger partial charge in [-0.25, -0.2) is 4.79 Å². The first-order valence-corrected chi connectivity index (χ1v) is 5.73. The zero-order valence-corrected chi connectivity index (χ0v) is 11.0. The normalized spacial score (nSPS) is 22.8. The van der Waals surface area contributed by atoms with E-state index in [0.29, 0.717) is 6.42 Å². The number of ether oxygens (including phenoxy) is 1. The largest absolute Gasteiger partial charge is 0.464 e. The number of amides is 1. The van der Waals surface area contributed by atoms with Crippen molar-refractivity contribution in [3.05, 3.63) is 23.9 Å². The topological polar surface area (TPSA) is 46.6 Å². The summed E-state index contributed by atoms with van der Waals surface area (Å²) in [6.07, 6.45) is 2.23. The van der Waals surface area contributed by atoms with Crippen LogP contribution in [0.15, 0.2) is 23.9 Å². The fourth-order valence-corrected chi connectivity index (χ4v) is 2.14. The van der Waals surface area contributed by atoms with E-state index in [4.69, 9.17) is 11.6 Å². The fraction of sp³-hybridized carbons (Fsp3) is 0.500. The van der Waals surface area contributed by atoms with Gasteiger partial charge in [-0.3, -0.25) is 9.69 Å². The maximum Gasteiger partial charge on any atom is 0.354 e. The molecule has 1 fully saturated rings. The van der Waals surface area contributed by atoms with Crippen molar-refractivity contribution in [3.63, 3.8) is 0 Å². The summed E-state index contributed by atoms with van der Waals surface area (Å²) in [6, 6.07) is -0.217. The summed E-state index contributed by atoms with van der Waals surface area (Å²) in [5.74, 6) is -0.781. The number of alkyl halides is 1. The van der Waals surface area contributed by atoms with Gasteiger partial charge in [0.2, 0.25) is 5.91 Å². The van der Waals surface area contributed by atoms with E-state index < -0.39 is 11.3 Å².